The zero-order chi connectivity index (χ0) is 54.8. The molecule has 0 bridgehead atoms. The highest BCUT2D eigenvalue weighted by Crippen LogP contribution is 2.22. The molecule has 3 aromatic rings. The number of phenolic OH excluding ortho intramolecular Hbond substituents is 1. The van der Waals surface area contributed by atoms with Crippen molar-refractivity contribution >= 4 is 29.8 Å². The molecule has 0 aromatic heterocycles. The van der Waals surface area contributed by atoms with Crippen LogP contribution in [0.1, 0.15) is 121 Å². The number of carbonyl (C=O) groups is 5. The topological polar surface area (TPSA) is 180 Å². The summed E-state index contributed by atoms with van der Waals surface area (Å²) in [4.78, 5) is 76.2. The minimum Gasteiger partial charge on any atom is -0.508 e. The maximum Gasteiger partial charge on any atom is 0.326 e. The summed E-state index contributed by atoms with van der Waals surface area (Å²) in [5.41, 5.74) is -2.02. The van der Waals surface area contributed by atoms with Gasteiger partial charge in [-0.3, -0.25) is 38.7 Å². The van der Waals surface area contributed by atoms with Gasteiger partial charge in [-0.05, 0) is 139 Å². The zero-order valence-corrected chi connectivity index (χ0v) is 46.3. The third kappa shape index (κ3) is 25.9. The van der Waals surface area contributed by atoms with Crippen molar-refractivity contribution in [3.63, 3.8) is 0 Å². The van der Waals surface area contributed by atoms with Crippen LogP contribution in [0.3, 0.4) is 0 Å². The fourth-order valence-corrected chi connectivity index (χ4v) is 7.40. The molecular formula is C57H85N3O13. The van der Waals surface area contributed by atoms with Gasteiger partial charge in [0.25, 0.3) is 0 Å². The van der Waals surface area contributed by atoms with E-state index in [1.54, 1.807) is 126 Å². The Labute approximate surface area is 434 Å². The van der Waals surface area contributed by atoms with E-state index in [2.05, 4.69) is 0 Å². The largest absolute Gasteiger partial charge is 0.508 e. The fraction of sp³-hybridized carbons (Fsp3) is 0.596. The second kappa shape index (κ2) is 27.8. The SMILES string of the molecule is CC(C)(C)OC(=O)CN(CCN(CCN(CC(=O)OC(C)(C)C)[C@H](COCc1ccccc1)C(=O)OC(C)(C)C)[C@@H](Cc1ccc(O)cc1)C(=O)OC(C)(C)C)[C@H](COCc1ccccc1)C(=O)OC(C)(C)C. The molecule has 0 heterocycles. The van der Waals surface area contributed by atoms with Crippen LogP contribution in [-0.2, 0) is 76.8 Å². The Morgan fingerprint density at radius 3 is 1.05 bits per heavy atom. The van der Waals surface area contributed by atoms with Crippen molar-refractivity contribution in [2.45, 2.75) is 170 Å². The van der Waals surface area contributed by atoms with Gasteiger partial charge in [-0.1, -0.05) is 72.8 Å². The molecule has 0 unspecified atom stereocenters. The molecule has 0 aliphatic heterocycles. The number of phenols is 1. The first-order valence-corrected chi connectivity index (χ1v) is 25.1. The molecule has 0 amide bonds. The third-order valence-corrected chi connectivity index (χ3v) is 10.4. The lowest BCUT2D eigenvalue weighted by molar-refractivity contribution is -0.169. The number of benzene rings is 3. The minimum atomic E-state index is -1.13. The number of nitrogens with zero attached hydrogens (tertiary/aromatic N) is 3. The Hall–Kier alpha value is -5.39. The molecule has 3 aromatic carbocycles. The van der Waals surface area contributed by atoms with Crippen molar-refractivity contribution in [3.05, 3.63) is 102 Å². The van der Waals surface area contributed by atoms with Crippen molar-refractivity contribution in [1.29, 1.82) is 0 Å². The molecular weight excluding hydrogens is 935 g/mol. The van der Waals surface area contributed by atoms with E-state index in [-0.39, 0.29) is 77.9 Å². The molecule has 73 heavy (non-hydrogen) atoms. The number of ether oxygens (including phenoxy) is 7. The van der Waals surface area contributed by atoms with E-state index in [1.165, 1.54) is 12.1 Å². The first-order chi connectivity index (χ1) is 33.8. The summed E-state index contributed by atoms with van der Waals surface area (Å²) >= 11 is 0. The molecule has 0 saturated carbocycles. The van der Waals surface area contributed by atoms with Crippen molar-refractivity contribution in [3.8, 4) is 5.75 Å². The average molecular weight is 1020 g/mol. The Bertz CT molecular complexity index is 2050. The highest BCUT2D eigenvalue weighted by atomic mass is 16.6. The molecule has 0 aliphatic carbocycles. The Kier molecular flexibility index (Phi) is 23.6. The van der Waals surface area contributed by atoms with E-state index in [0.717, 1.165) is 11.1 Å². The van der Waals surface area contributed by atoms with E-state index in [9.17, 15) is 29.1 Å². The van der Waals surface area contributed by atoms with Gasteiger partial charge in [0.05, 0.1) is 39.5 Å². The predicted molar refractivity (Wildman–Crippen MR) is 279 cm³/mol. The Morgan fingerprint density at radius 2 is 0.726 bits per heavy atom. The van der Waals surface area contributed by atoms with E-state index in [4.69, 9.17) is 33.2 Å². The highest BCUT2D eigenvalue weighted by molar-refractivity contribution is 5.79. The van der Waals surface area contributed by atoms with Gasteiger partial charge in [0.2, 0.25) is 0 Å². The van der Waals surface area contributed by atoms with Crippen LogP contribution in [0.2, 0.25) is 0 Å². The number of carbonyl (C=O) groups excluding carboxylic acids is 5. The van der Waals surface area contributed by atoms with Crippen LogP contribution in [0.15, 0.2) is 84.9 Å². The number of hydrogen-bond donors (Lipinski definition) is 1. The van der Waals surface area contributed by atoms with Crippen LogP contribution in [0, 0.1) is 0 Å². The van der Waals surface area contributed by atoms with Crippen molar-refractivity contribution in [2.75, 3.05) is 52.5 Å². The standard InChI is InChI=1S/C57H85N3O13/c1-53(2,3)69-48(62)35-59(46(51(65)72-56(10,11)12)39-67-37-42-22-18-16-19-23-42)32-30-58(45(50(64)71-55(7,8)9)34-41-26-28-44(61)29-27-41)31-33-60(36-49(63)70-54(4,5)6)47(52(66)73-57(13,14)15)40-68-38-43-24-20-17-21-25-43/h16-29,45-47,61H,30-40H2,1-15H3/t45-,46+,47+/m0/s1. The van der Waals surface area contributed by atoms with Crippen molar-refractivity contribution < 1.29 is 62.2 Å². The number of aromatic hydroxyl groups is 1. The minimum absolute atomic E-state index is 0.0185. The molecule has 3 rings (SSSR count). The number of esters is 5. The second-order valence-electron chi connectivity index (χ2n) is 23.2. The van der Waals surface area contributed by atoms with Gasteiger partial charge in [0.15, 0.2) is 0 Å². The lowest BCUT2D eigenvalue weighted by Crippen LogP contribution is -2.56. The van der Waals surface area contributed by atoms with Crippen LogP contribution >= 0.6 is 0 Å². The summed E-state index contributed by atoms with van der Waals surface area (Å²) in [5, 5.41) is 10.2. The molecule has 406 valence electrons. The Morgan fingerprint density at radius 1 is 0.411 bits per heavy atom. The van der Waals surface area contributed by atoms with Crippen LogP contribution < -0.4 is 0 Å². The lowest BCUT2D eigenvalue weighted by atomic mass is 10.0. The zero-order valence-electron chi connectivity index (χ0n) is 46.3. The molecule has 0 aliphatic rings. The normalized spacial score (nSPS) is 13.8. The summed E-state index contributed by atoms with van der Waals surface area (Å²) < 4.78 is 42.1. The molecule has 0 saturated heterocycles. The molecule has 16 heteroatoms. The van der Waals surface area contributed by atoms with Crippen LogP contribution in [0.5, 0.6) is 5.75 Å². The molecule has 3 atom stereocenters. The molecule has 1 N–H and O–H groups in total. The lowest BCUT2D eigenvalue weighted by Gasteiger charge is -2.38. The number of hydrogen-bond acceptors (Lipinski definition) is 16. The maximum absolute atomic E-state index is 14.7. The molecule has 0 fully saturated rings. The van der Waals surface area contributed by atoms with Gasteiger partial charge in [0.1, 0.15) is 51.9 Å². The van der Waals surface area contributed by atoms with E-state index in [0.29, 0.717) is 5.56 Å². The van der Waals surface area contributed by atoms with E-state index in [1.807, 2.05) is 65.6 Å². The third-order valence-electron chi connectivity index (χ3n) is 10.4. The Balaban J connectivity index is 2.24. The van der Waals surface area contributed by atoms with Gasteiger partial charge in [0, 0.05) is 26.2 Å². The monoisotopic (exact) mass is 1020 g/mol. The summed E-state index contributed by atoms with van der Waals surface area (Å²) in [5.74, 6) is -3.03. The second-order valence-corrected chi connectivity index (χ2v) is 23.2. The van der Waals surface area contributed by atoms with Crippen molar-refractivity contribution in [2.24, 2.45) is 0 Å². The van der Waals surface area contributed by atoms with Gasteiger partial charge < -0.3 is 38.3 Å². The van der Waals surface area contributed by atoms with E-state index >= 15 is 0 Å². The average Bonchev–Trinajstić information content (AvgIpc) is 3.23. The number of rotatable bonds is 26. The summed E-state index contributed by atoms with van der Waals surface area (Å²) in [6.07, 6.45) is 0.0959. The van der Waals surface area contributed by atoms with Gasteiger partial charge in [-0.25, -0.2) is 0 Å². The quantitative estimate of drug-likeness (QED) is 0.0602. The van der Waals surface area contributed by atoms with Gasteiger partial charge in [-0.2, -0.15) is 0 Å². The summed E-state index contributed by atoms with van der Waals surface area (Å²) in [7, 11) is 0. The van der Waals surface area contributed by atoms with Crippen molar-refractivity contribution in [1.82, 2.24) is 14.7 Å². The van der Waals surface area contributed by atoms with Crippen LogP contribution in [0.25, 0.3) is 0 Å². The fourth-order valence-electron chi connectivity index (χ4n) is 7.40. The summed E-state index contributed by atoms with van der Waals surface area (Å²) in [6.45, 7) is 25.6. The predicted octanol–water partition coefficient (Wildman–Crippen LogP) is 8.09. The van der Waals surface area contributed by atoms with Gasteiger partial charge >= 0.3 is 29.8 Å². The van der Waals surface area contributed by atoms with E-state index < -0.39 is 76.0 Å². The highest BCUT2D eigenvalue weighted by Gasteiger charge is 2.38. The maximum atomic E-state index is 14.7. The first kappa shape index (κ1) is 61.9. The molecule has 16 nitrogen and oxygen atoms in total. The molecule has 0 spiro atoms. The van der Waals surface area contributed by atoms with Crippen LogP contribution in [0.4, 0.5) is 0 Å². The summed E-state index contributed by atoms with van der Waals surface area (Å²) in [6, 6.07) is 22.1. The smallest absolute Gasteiger partial charge is 0.326 e. The van der Waals surface area contributed by atoms with Crippen LogP contribution in [-0.4, -0.2) is 148 Å². The first-order valence-electron chi connectivity index (χ1n) is 25.1. The van der Waals surface area contributed by atoms with Gasteiger partial charge in [-0.15, -0.1) is 0 Å². The molecule has 0 radical (unpaired) electrons.